The molecule has 2 aromatic carbocycles. The standard InChI is InChI=1S/C20H19BrN2O2/c1-14-7-8-15(18(21)12-14)9-10-19(24)22-16-4-2-5-17(13-16)23-11-3-6-20(23)25/h2,4-5,7-10,12-13H,3,6,11H2,1H3,(H,22,24)/b10-9+. The highest BCUT2D eigenvalue weighted by Crippen LogP contribution is 2.24. The van der Waals surface area contributed by atoms with Gasteiger partial charge in [-0.15, -0.1) is 0 Å². The van der Waals surface area contributed by atoms with E-state index in [0.29, 0.717) is 12.1 Å². The van der Waals surface area contributed by atoms with Crippen LogP contribution in [-0.2, 0) is 9.59 Å². The average molecular weight is 399 g/mol. The summed E-state index contributed by atoms with van der Waals surface area (Å²) in [5, 5.41) is 2.84. The minimum atomic E-state index is -0.211. The van der Waals surface area contributed by atoms with Crippen LogP contribution in [-0.4, -0.2) is 18.4 Å². The van der Waals surface area contributed by atoms with Crippen molar-refractivity contribution in [2.75, 3.05) is 16.8 Å². The van der Waals surface area contributed by atoms with Gasteiger partial charge in [-0.25, -0.2) is 0 Å². The largest absolute Gasteiger partial charge is 0.322 e. The van der Waals surface area contributed by atoms with Gasteiger partial charge in [0, 0.05) is 34.9 Å². The Hall–Kier alpha value is -2.40. The third-order valence-electron chi connectivity index (χ3n) is 4.07. The molecule has 0 spiro atoms. The van der Waals surface area contributed by atoms with Crippen LogP contribution < -0.4 is 10.2 Å². The molecule has 0 bridgehead atoms. The first-order chi connectivity index (χ1) is 12.0. The number of nitrogens with one attached hydrogen (secondary N) is 1. The lowest BCUT2D eigenvalue weighted by molar-refractivity contribution is -0.117. The number of hydrogen-bond donors (Lipinski definition) is 1. The fourth-order valence-corrected chi connectivity index (χ4v) is 3.41. The molecule has 1 aliphatic rings. The molecule has 0 saturated carbocycles. The maximum atomic E-state index is 12.2. The van der Waals surface area contributed by atoms with E-state index < -0.39 is 0 Å². The quantitative estimate of drug-likeness (QED) is 0.768. The molecule has 0 radical (unpaired) electrons. The lowest BCUT2D eigenvalue weighted by Crippen LogP contribution is -2.23. The zero-order valence-electron chi connectivity index (χ0n) is 14.0. The lowest BCUT2D eigenvalue weighted by Gasteiger charge is -2.16. The zero-order valence-corrected chi connectivity index (χ0v) is 15.5. The molecule has 2 amide bonds. The molecule has 5 heteroatoms. The van der Waals surface area contributed by atoms with Crippen molar-refractivity contribution in [3.05, 3.63) is 64.1 Å². The smallest absolute Gasteiger partial charge is 0.248 e. The molecular formula is C20H19BrN2O2. The first kappa shape index (κ1) is 17.4. The Bertz CT molecular complexity index is 845. The molecule has 1 aliphatic heterocycles. The number of benzene rings is 2. The second kappa shape index (κ2) is 7.66. The van der Waals surface area contributed by atoms with Crippen LogP contribution >= 0.6 is 15.9 Å². The highest BCUT2D eigenvalue weighted by Gasteiger charge is 2.21. The van der Waals surface area contributed by atoms with E-state index in [4.69, 9.17) is 0 Å². The van der Waals surface area contributed by atoms with Crippen molar-refractivity contribution in [3.8, 4) is 0 Å². The summed E-state index contributed by atoms with van der Waals surface area (Å²) in [6.07, 6.45) is 4.74. The van der Waals surface area contributed by atoms with Gasteiger partial charge in [-0.3, -0.25) is 9.59 Å². The second-order valence-electron chi connectivity index (χ2n) is 6.05. The number of rotatable bonds is 4. The Morgan fingerprint density at radius 1 is 1.24 bits per heavy atom. The number of amides is 2. The van der Waals surface area contributed by atoms with Crippen molar-refractivity contribution >= 4 is 45.2 Å². The Morgan fingerprint density at radius 2 is 2.08 bits per heavy atom. The maximum Gasteiger partial charge on any atom is 0.248 e. The Morgan fingerprint density at radius 3 is 2.80 bits per heavy atom. The number of aryl methyl sites for hydroxylation is 1. The minimum Gasteiger partial charge on any atom is -0.322 e. The summed E-state index contributed by atoms with van der Waals surface area (Å²) in [5.74, 6) is -0.0787. The van der Waals surface area contributed by atoms with Crippen molar-refractivity contribution < 1.29 is 9.59 Å². The molecule has 2 aromatic rings. The summed E-state index contributed by atoms with van der Waals surface area (Å²) in [5.41, 5.74) is 3.60. The van der Waals surface area contributed by atoms with Crippen LogP contribution in [0.2, 0.25) is 0 Å². The molecule has 0 unspecified atom stereocenters. The number of hydrogen-bond acceptors (Lipinski definition) is 2. The Kier molecular flexibility index (Phi) is 5.34. The molecule has 1 heterocycles. The minimum absolute atomic E-state index is 0.132. The summed E-state index contributed by atoms with van der Waals surface area (Å²) in [6.45, 7) is 2.75. The SMILES string of the molecule is Cc1ccc(/C=C/C(=O)Nc2cccc(N3CCCC3=O)c2)c(Br)c1. The van der Waals surface area contributed by atoms with E-state index in [1.165, 1.54) is 6.08 Å². The van der Waals surface area contributed by atoms with Gasteiger partial charge in [0.15, 0.2) is 0 Å². The van der Waals surface area contributed by atoms with Gasteiger partial charge in [-0.2, -0.15) is 0 Å². The van der Waals surface area contributed by atoms with Crippen molar-refractivity contribution in [2.45, 2.75) is 19.8 Å². The summed E-state index contributed by atoms with van der Waals surface area (Å²) < 4.78 is 0.950. The summed E-state index contributed by atoms with van der Waals surface area (Å²) >= 11 is 3.50. The van der Waals surface area contributed by atoms with Crippen molar-refractivity contribution in [2.24, 2.45) is 0 Å². The molecule has 0 atom stereocenters. The van der Waals surface area contributed by atoms with E-state index >= 15 is 0 Å². The van der Waals surface area contributed by atoms with Crippen LogP contribution in [0.15, 0.2) is 53.0 Å². The number of halogens is 1. The van der Waals surface area contributed by atoms with Crippen molar-refractivity contribution in [1.29, 1.82) is 0 Å². The van der Waals surface area contributed by atoms with E-state index in [0.717, 1.165) is 34.3 Å². The number of carbonyl (C=O) groups excluding carboxylic acids is 2. The summed E-state index contributed by atoms with van der Waals surface area (Å²) in [7, 11) is 0. The van der Waals surface area contributed by atoms with Crippen LogP contribution in [0, 0.1) is 6.92 Å². The fourth-order valence-electron chi connectivity index (χ4n) is 2.79. The van der Waals surface area contributed by atoms with Gasteiger partial charge in [0.2, 0.25) is 11.8 Å². The molecule has 128 valence electrons. The molecular weight excluding hydrogens is 380 g/mol. The highest BCUT2D eigenvalue weighted by molar-refractivity contribution is 9.10. The molecule has 25 heavy (non-hydrogen) atoms. The number of carbonyl (C=O) groups is 2. The van der Waals surface area contributed by atoms with Crippen LogP contribution in [0.3, 0.4) is 0 Å². The fraction of sp³-hybridized carbons (Fsp3) is 0.200. The third-order valence-corrected chi connectivity index (χ3v) is 4.76. The molecule has 3 rings (SSSR count). The molecule has 4 nitrogen and oxygen atoms in total. The van der Waals surface area contributed by atoms with E-state index in [2.05, 4.69) is 21.2 Å². The number of nitrogens with zero attached hydrogens (tertiary/aromatic N) is 1. The van der Waals surface area contributed by atoms with Crippen molar-refractivity contribution in [1.82, 2.24) is 0 Å². The molecule has 1 N–H and O–H groups in total. The molecule has 1 saturated heterocycles. The van der Waals surface area contributed by atoms with Gasteiger partial charge in [0.1, 0.15) is 0 Å². The summed E-state index contributed by atoms with van der Waals surface area (Å²) in [4.78, 5) is 25.8. The maximum absolute atomic E-state index is 12.2. The Balaban J connectivity index is 1.68. The zero-order chi connectivity index (χ0) is 17.8. The highest BCUT2D eigenvalue weighted by atomic mass is 79.9. The predicted molar refractivity (Wildman–Crippen MR) is 105 cm³/mol. The van der Waals surface area contributed by atoms with E-state index in [1.807, 2.05) is 49.4 Å². The van der Waals surface area contributed by atoms with Crippen LogP contribution in [0.4, 0.5) is 11.4 Å². The molecule has 1 fully saturated rings. The van der Waals surface area contributed by atoms with Crippen LogP contribution in [0.5, 0.6) is 0 Å². The van der Waals surface area contributed by atoms with Gasteiger partial charge in [0.25, 0.3) is 0 Å². The van der Waals surface area contributed by atoms with E-state index in [1.54, 1.807) is 11.0 Å². The topological polar surface area (TPSA) is 49.4 Å². The first-order valence-corrected chi connectivity index (χ1v) is 8.98. The second-order valence-corrected chi connectivity index (χ2v) is 6.90. The summed E-state index contributed by atoms with van der Waals surface area (Å²) in [6, 6.07) is 13.3. The van der Waals surface area contributed by atoms with Gasteiger partial charge < -0.3 is 10.2 Å². The average Bonchev–Trinajstić information content (AvgIpc) is 3.00. The first-order valence-electron chi connectivity index (χ1n) is 8.18. The number of anilines is 2. The van der Waals surface area contributed by atoms with Crippen molar-refractivity contribution in [3.63, 3.8) is 0 Å². The van der Waals surface area contributed by atoms with Gasteiger partial charge in [-0.05, 0) is 54.8 Å². The third kappa shape index (κ3) is 4.37. The molecule has 0 aliphatic carbocycles. The van der Waals surface area contributed by atoms with Gasteiger partial charge in [-0.1, -0.05) is 34.1 Å². The van der Waals surface area contributed by atoms with E-state index in [-0.39, 0.29) is 11.8 Å². The van der Waals surface area contributed by atoms with Crippen LogP contribution in [0.1, 0.15) is 24.0 Å². The Labute approximate surface area is 155 Å². The lowest BCUT2D eigenvalue weighted by atomic mass is 10.1. The van der Waals surface area contributed by atoms with Gasteiger partial charge in [0.05, 0.1) is 0 Å². The normalized spacial score (nSPS) is 14.3. The predicted octanol–water partition coefficient (Wildman–Crippen LogP) is 4.54. The monoisotopic (exact) mass is 398 g/mol. The van der Waals surface area contributed by atoms with Crippen LogP contribution in [0.25, 0.3) is 6.08 Å². The molecule has 0 aromatic heterocycles. The van der Waals surface area contributed by atoms with Gasteiger partial charge >= 0.3 is 0 Å². The van der Waals surface area contributed by atoms with E-state index in [9.17, 15) is 9.59 Å².